The predicted octanol–water partition coefficient (Wildman–Crippen LogP) is 9.97. The van der Waals surface area contributed by atoms with E-state index in [2.05, 4.69) is 28.1 Å². The van der Waals surface area contributed by atoms with Crippen LogP contribution in [0.25, 0.3) is 5.52 Å². The van der Waals surface area contributed by atoms with E-state index in [0.717, 1.165) is 19.3 Å². The molecule has 5 heterocycles. The number of fused-ring (bicyclic) bond motifs is 2. The number of phosphoric acid groups is 1. The van der Waals surface area contributed by atoms with Gasteiger partial charge in [-0.3, -0.25) is 9.05 Å². The van der Waals surface area contributed by atoms with Gasteiger partial charge >= 0.3 is 7.82 Å². The first-order chi connectivity index (χ1) is 29.4. The summed E-state index contributed by atoms with van der Waals surface area (Å²) < 4.78 is 66.4. The smallest absolute Gasteiger partial charge is 0.469 e. The number of hydrogen-bond donors (Lipinski definition) is 1. The number of para-hydroxylation sites is 1. The molecule has 2 N–H and O–H groups in total. The fourth-order valence-corrected chi connectivity index (χ4v) is 9.21. The van der Waals surface area contributed by atoms with Crippen molar-refractivity contribution in [1.29, 1.82) is 5.26 Å². The number of unbranched alkanes of at least 4 members (excludes halogenated alkanes) is 11. The van der Waals surface area contributed by atoms with Crippen molar-refractivity contribution in [3.8, 4) is 17.7 Å². The van der Waals surface area contributed by atoms with E-state index in [1.807, 2.05) is 26.0 Å². The summed E-state index contributed by atoms with van der Waals surface area (Å²) in [6.07, 6.45) is 14.9. The maximum absolute atomic E-state index is 14.8. The molecule has 4 aromatic rings. The highest BCUT2D eigenvalue weighted by atomic mass is 35.5. The van der Waals surface area contributed by atoms with Crippen LogP contribution in [0.5, 0.6) is 11.6 Å². The maximum atomic E-state index is 14.8. The fraction of sp³-hybridized carbons (Fsp3) is 0.591. The molecule has 0 saturated carbocycles. The number of aromatic nitrogens is 4. The molecule has 0 aliphatic carbocycles. The summed E-state index contributed by atoms with van der Waals surface area (Å²) >= 11 is 6.48. The van der Waals surface area contributed by atoms with Crippen LogP contribution < -0.4 is 15.0 Å². The first-order valence-corrected chi connectivity index (χ1v) is 23.3. The zero-order chi connectivity index (χ0) is 43.3. The molecule has 0 amide bonds. The third-order valence-electron chi connectivity index (χ3n) is 10.8. The van der Waals surface area contributed by atoms with E-state index < -0.39 is 43.6 Å². The highest BCUT2D eigenvalue weighted by Gasteiger charge is 2.62. The molecular formula is C44H60ClN6O9P. The summed E-state index contributed by atoms with van der Waals surface area (Å²) in [4.78, 5) is 8.37. The van der Waals surface area contributed by atoms with Gasteiger partial charge in [-0.25, -0.2) is 19.0 Å². The highest BCUT2D eigenvalue weighted by Crippen LogP contribution is 2.55. The summed E-state index contributed by atoms with van der Waals surface area (Å²) in [5.41, 5.74) is 6.54. The van der Waals surface area contributed by atoms with Crippen LogP contribution in [-0.2, 0) is 32.6 Å². The number of nitrogens with two attached hydrogens (primary N) is 1. The summed E-state index contributed by atoms with van der Waals surface area (Å²) in [7, 11) is -4.52. The highest BCUT2D eigenvalue weighted by molar-refractivity contribution is 7.49. The van der Waals surface area contributed by atoms with Gasteiger partial charge in [0.2, 0.25) is 5.88 Å². The largest absolute Gasteiger partial charge is 0.530 e. The van der Waals surface area contributed by atoms with E-state index in [4.69, 9.17) is 54.6 Å². The molecular weight excluding hydrogens is 823 g/mol. The molecule has 15 nitrogen and oxygen atoms in total. The lowest BCUT2D eigenvalue weighted by Crippen LogP contribution is -2.44. The Bertz CT molecular complexity index is 2100. The molecule has 1 aromatic carbocycles. The molecule has 61 heavy (non-hydrogen) atoms. The van der Waals surface area contributed by atoms with E-state index in [0.29, 0.717) is 29.2 Å². The second kappa shape index (κ2) is 22.0. The van der Waals surface area contributed by atoms with Crippen molar-refractivity contribution in [3.05, 3.63) is 77.3 Å². The Balaban J connectivity index is 1.11. The molecule has 0 radical (unpaired) electrons. The molecule has 3 aromatic heterocycles. The van der Waals surface area contributed by atoms with Crippen molar-refractivity contribution >= 4 is 30.8 Å². The zero-order valence-corrected chi connectivity index (χ0v) is 37.4. The second-order valence-electron chi connectivity index (χ2n) is 16.3. The van der Waals surface area contributed by atoms with Gasteiger partial charge in [-0.2, -0.15) is 10.4 Å². The van der Waals surface area contributed by atoms with Gasteiger partial charge in [-0.15, -0.1) is 0 Å². The average molecular weight is 883 g/mol. The van der Waals surface area contributed by atoms with Gasteiger partial charge in [-0.05, 0) is 57.5 Å². The Hall–Kier alpha value is -3.84. The van der Waals surface area contributed by atoms with Crippen LogP contribution in [0, 0.1) is 11.3 Å². The van der Waals surface area contributed by atoms with Gasteiger partial charge < -0.3 is 33.9 Å². The minimum absolute atomic E-state index is 0.0778. The second-order valence-corrected chi connectivity index (χ2v) is 18.3. The molecule has 6 atom stereocenters. The van der Waals surface area contributed by atoms with Crippen LogP contribution in [0.3, 0.4) is 0 Å². The van der Waals surface area contributed by atoms with Gasteiger partial charge in [0.1, 0.15) is 47.6 Å². The molecule has 1 unspecified atom stereocenters. The number of anilines is 1. The number of rotatable bonds is 26. The van der Waals surface area contributed by atoms with Crippen LogP contribution in [0.1, 0.15) is 122 Å². The number of phosphoric ester groups is 1. The lowest BCUT2D eigenvalue weighted by Gasteiger charge is -2.32. The number of halogens is 1. The fourth-order valence-electron chi connectivity index (χ4n) is 7.64. The van der Waals surface area contributed by atoms with Gasteiger partial charge in [0, 0.05) is 18.9 Å². The third kappa shape index (κ3) is 12.9. The van der Waals surface area contributed by atoms with Crippen molar-refractivity contribution in [3.63, 3.8) is 0 Å². The standard InChI is InChI=1S/C44H60ClN6O9P/c1-5-6-7-8-9-10-11-12-13-14-15-18-25-53-28-33(56-38-26-32(27-46)23-24-48-38)29-54-61(52,60-37-20-17-16-19-34(37)45)55-30-44(4)41-40(57-43(2,3)59-41)39(58-44)35-21-22-36-42(47)49-31-50-51(35)36/h16-17,19-24,26,31,33,39-41H,5-15,18,25,28-30H2,1-4H3,(H2,47,49,50)/t33-,39+,40+,41+,44-,61?/m1/s1. The first-order valence-electron chi connectivity index (χ1n) is 21.5. The molecule has 2 aliphatic rings. The molecule has 332 valence electrons. The molecule has 0 spiro atoms. The number of ether oxygens (including phenoxy) is 5. The lowest BCUT2D eigenvalue weighted by molar-refractivity contribution is -0.212. The number of nitrogens with zero attached hydrogens (tertiary/aromatic N) is 5. The Morgan fingerprint density at radius 1 is 0.918 bits per heavy atom. The minimum atomic E-state index is -4.52. The van der Waals surface area contributed by atoms with E-state index in [-0.39, 0.29) is 36.5 Å². The monoisotopic (exact) mass is 882 g/mol. The first kappa shape index (κ1) is 46.7. The topological polar surface area (TPSA) is 184 Å². The molecule has 6 rings (SSSR count). The lowest BCUT2D eigenvalue weighted by atomic mass is 9.97. The van der Waals surface area contributed by atoms with Crippen LogP contribution in [0.4, 0.5) is 5.82 Å². The SMILES string of the molecule is CCCCCCCCCCCCCCOC[C@H](COP(=O)(OC[C@@]1(C)O[C@@H](c2ccc3c(N)ncnn23)[C@@H]2OC(C)(C)O[C@@H]21)Oc1ccccc1Cl)Oc1cc(C#N)ccn1. The quantitative estimate of drug-likeness (QED) is 0.0464. The van der Waals surface area contributed by atoms with Crippen LogP contribution in [-0.4, -0.2) is 75.7 Å². The number of nitrogen functional groups attached to an aromatic ring is 1. The van der Waals surface area contributed by atoms with E-state index in [9.17, 15) is 9.83 Å². The molecule has 2 fully saturated rings. The van der Waals surface area contributed by atoms with Crippen LogP contribution in [0.15, 0.2) is 61.1 Å². The molecule has 0 bridgehead atoms. The molecule has 2 saturated heterocycles. The van der Waals surface area contributed by atoms with Crippen molar-refractivity contribution in [2.45, 2.75) is 141 Å². The van der Waals surface area contributed by atoms with Gasteiger partial charge in [-0.1, -0.05) is 101 Å². The summed E-state index contributed by atoms with van der Waals surface area (Å²) in [5, 5.41) is 14.1. The van der Waals surface area contributed by atoms with Crippen molar-refractivity contribution in [1.82, 2.24) is 19.6 Å². The molecule has 17 heteroatoms. The zero-order valence-electron chi connectivity index (χ0n) is 35.7. The Morgan fingerprint density at radius 3 is 2.36 bits per heavy atom. The Kier molecular flexibility index (Phi) is 16.8. The Labute approximate surface area is 364 Å². The maximum Gasteiger partial charge on any atom is 0.530 e. The number of pyridine rings is 1. The van der Waals surface area contributed by atoms with Crippen molar-refractivity contribution in [2.24, 2.45) is 0 Å². The van der Waals surface area contributed by atoms with Crippen LogP contribution >= 0.6 is 19.4 Å². The van der Waals surface area contributed by atoms with Crippen LogP contribution in [0.2, 0.25) is 5.02 Å². The van der Waals surface area contributed by atoms with E-state index in [1.54, 1.807) is 41.8 Å². The number of hydrogen-bond acceptors (Lipinski definition) is 14. The minimum Gasteiger partial charge on any atom is -0.469 e. The van der Waals surface area contributed by atoms with Crippen molar-refractivity contribution < 1.29 is 41.8 Å². The predicted molar refractivity (Wildman–Crippen MR) is 230 cm³/mol. The summed E-state index contributed by atoms with van der Waals surface area (Å²) in [5.74, 6) is -0.392. The van der Waals surface area contributed by atoms with Crippen molar-refractivity contribution in [2.75, 3.05) is 32.2 Å². The van der Waals surface area contributed by atoms with Gasteiger partial charge in [0.05, 0.1) is 42.2 Å². The Morgan fingerprint density at radius 2 is 1.64 bits per heavy atom. The van der Waals surface area contributed by atoms with E-state index >= 15 is 0 Å². The summed E-state index contributed by atoms with van der Waals surface area (Å²) in [6, 6.07) is 15.4. The average Bonchev–Trinajstić information content (AvgIpc) is 3.90. The third-order valence-corrected chi connectivity index (χ3v) is 12.4. The summed E-state index contributed by atoms with van der Waals surface area (Å²) in [6.45, 7) is 7.64. The number of benzene rings is 1. The van der Waals surface area contributed by atoms with Gasteiger partial charge in [0.15, 0.2) is 11.6 Å². The van der Waals surface area contributed by atoms with E-state index in [1.165, 1.54) is 76.4 Å². The normalized spacial score (nSPS) is 22.1. The van der Waals surface area contributed by atoms with Gasteiger partial charge in [0.25, 0.3) is 0 Å². The number of nitriles is 1. The molecule has 2 aliphatic heterocycles.